The lowest BCUT2D eigenvalue weighted by molar-refractivity contribution is -0.141. The minimum absolute atomic E-state index is 0.201. The molecule has 0 saturated heterocycles. The first-order valence-electron chi connectivity index (χ1n) is 7.27. The quantitative estimate of drug-likeness (QED) is 0.835. The van der Waals surface area contributed by atoms with Crippen molar-refractivity contribution < 1.29 is 19.4 Å². The maximum Gasteiger partial charge on any atom is 0.306 e. The average Bonchev–Trinajstić information content (AvgIpc) is 2.95. The van der Waals surface area contributed by atoms with Crippen molar-refractivity contribution in [3.8, 4) is 11.5 Å². The fourth-order valence-corrected chi connectivity index (χ4v) is 3.10. The number of hydrogen-bond donors (Lipinski definition) is 1. The van der Waals surface area contributed by atoms with E-state index in [1.807, 2.05) is 12.1 Å². The van der Waals surface area contributed by atoms with E-state index >= 15 is 0 Å². The van der Waals surface area contributed by atoms with Crippen molar-refractivity contribution in [2.75, 3.05) is 7.11 Å². The second-order valence-electron chi connectivity index (χ2n) is 5.53. The Morgan fingerprint density at radius 2 is 2.10 bits per heavy atom. The standard InChI is InChI=1S/C16H21BrO4/c1-10(16(18)19)9-12-13(17)7-8-14(20-2)15(12)21-11-5-3-4-6-11/h7-8,10-11H,3-6,9H2,1-2H3,(H,18,19). The number of hydrogen-bond acceptors (Lipinski definition) is 3. The van der Waals surface area contributed by atoms with E-state index in [4.69, 9.17) is 14.6 Å². The molecule has 1 aromatic rings. The summed E-state index contributed by atoms with van der Waals surface area (Å²) in [5, 5.41) is 9.15. The van der Waals surface area contributed by atoms with Gasteiger partial charge in [0.25, 0.3) is 0 Å². The van der Waals surface area contributed by atoms with Gasteiger partial charge < -0.3 is 14.6 Å². The van der Waals surface area contributed by atoms with Gasteiger partial charge in [-0.3, -0.25) is 4.79 Å². The van der Waals surface area contributed by atoms with Crippen molar-refractivity contribution in [3.05, 3.63) is 22.2 Å². The van der Waals surface area contributed by atoms with E-state index in [2.05, 4.69) is 15.9 Å². The van der Waals surface area contributed by atoms with Gasteiger partial charge in [-0.05, 0) is 44.2 Å². The fourth-order valence-electron chi connectivity index (χ4n) is 2.63. The SMILES string of the molecule is COc1ccc(Br)c(CC(C)C(=O)O)c1OC1CCCC1. The zero-order chi connectivity index (χ0) is 15.4. The lowest BCUT2D eigenvalue weighted by Crippen LogP contribution is -2.17. The first-order chi connectivity index (χ1) is 10.0. The van der Waals surface area contributed by atoms with E-state index in [9.17, 15) is 4.79 Å². The second-order valence-corrected chi connectivity index (χ2v) is 6.38. The maximum absolute atomic E-state index is 11.1. The van der Waals surface area contributed by atoms with E-state index in [0.717, 1.165) is 22.9 Å². The van der Waals surface area contributed by atoms with Crippen molar-refractivity contribution >= 4 is 21.9 Å². The summed E-state index contributed by atoms with van der Waals surface area (Å²) < 4.78 is 12.4. The molecule has 1 fully saturated rings. The molecular formula is C16H21BrO4. The number of ether oxygens (including phenoxy) is 2. The number of halogens is 1. The Kier molecular flexibility index (Phi) is 5.51. The molecule has 0 heterocycles. The smallest absolute Gasteiger partial charge is 0.306 e. The van der Waals surface area contributed by atoms with Gasteiger partial charge in [0, 0.05) is 10.0 Å². The minimum Gasteiger partial charge on any atom is -0.493 e. The highest BCUT2D eigenvalue weighted by Gasteiger charge is 2.24. The van der Waals surface area contributed by atoms with Gasteiger partial charge >= 0.3 is 5.97 Å². The van der Waals surface area contributed by atoms with Crippen LogP contribution in [0.3, 0.4) is 0 Å². The molecule has 1 aliphatic rings. The topological polar surface area (TPSA) is 55.8 Å². The molecule has 0 amide bonds. The molecule has 1 aromatic carbocycles. The molecule has 2 rings (SSSR count). The third-order valence-corrected chi connectivity index (χ3v) is 4.65. The normalized spacial score (nSPS) is 16.7. The van der Waals surface area contributed by atoms with Gasteiger partial charge in [-0.2, -0.15) is 0 Å². The Morgan fingerprint density at radius 1 is 1.43 bits per heavy atom. The van der Waals surface area contributed by atoms with Crippen LogP contribution in [0.25, 0.3) is 0 Å². The van der Waals surface area contributed by atoms with Gasteiger partial charge in [0.15, 0.2) is 11.5 Å². The number of methoxy groups -OCH3 is 1. The molecule has 0 aliphatic heterocycles. The Labute approximate surface area is 133 Å². The molecule has 116 valence electrons. The van der Waals surface area contributed by atoms with Crippen LogP contribution in [0.5, 0.6) is 11.5 Å². The lowest BCUT2D eigenvalue weighted by Gasteiger charge is -2.21. The van der Waals surface area contributed by atoms with E-state index < -0.39 is 11.9 Å². The van der Waals surface area contributed by atoms with Crippen molar-refractivity contribution in [3.63, 3.8) is 0 Å². The van der Waals surface area contributed by atoms with E-state index in [-0.39, 0.29) is 6.10 Å². The van der Waals surface area contributed by atoms with Crippen LogP contribution in [-0.4, -0.2) is 24.3 Å². The van der Waals surface area contributed by atoms with Gasteiger partial charge in [0.2, 0.25) is 0 Å². The van der Waals surface area contributed by atoms with Crippen LogP contribution >= 0.6 is 15.9 Å². The van der Waals surface area contributed by atoms with Crippen LogP contribution in [0.1, 0.15) is 38.2 Å². The van der Waals surface area contributed by atoms with Crippen LogP contribution in [0.2, 0.25) is 0 Å². The maximum atomic E-state index is 11.1. The van der Waals surface area contributed by atoms with Crippen LogP contribution in [0.4, 0.5) is 0 Å². The molecule has 1 atom stereocenters. The summed E-state index contributed by atoms with van der Waals surface area (Å²) in [6, 6.07) is 3.73. The van der Waals surface area contributed by atoms with E-state index in [0.29, 0.717) is 17.9 Å². The summed E-state index contributed by atoms with van der Waals surface area (Å²) in [5.74, 6) is 0.0698. The summed E-state index contributed by atoms with van der Waals surface area (Å²) in [5.41, 5.74) is 0.871. The summed E-state index contributed by atoms with van der Waals surface area (Å²) in [7, 11) is 1.61. The second kappa shape index (κ2) is 7.16. The molecule has 5 heteroatoms. The summed E-state index contributed by atoms with van der Waals surface area (Å²) in [4.78, 5) is 11.1. The average molecular weight is 357 g/mol. The zero-order valence-corrected chi connectivity index (χ0v) is 14.0. The van der Waals surface area contributed by atoms with Gasteiger partial charge in [-0.15, -0.1) is 0 Å². The fraction of sp³-hybridized carbons (Fsp3) is 0.562. The van der Waals surface area contributed by atoms with Crippen molar-refractivity contribution in [1.29, 1.82) is 0 Å². The van der Waals surface area contributed by atoms with E-state index in [1.165, 1.54) is 12.8 Å². The summed E-state index contributed by atoms with van der Waals surface area (Å²) >= 11 is 3.51. The third-order valence-electron chi connectivity index (χ3n) is 3.91. The van der Waals surface area contributed by atoms with Crippen LogP contribution in [0.15, 0.2) is 16.6 Å². The molecule has 1 unspecified atom stereocenters. The molecule has 0 aromatic heterocycles. The molecule has 0 bridgehead atoms. The number of carboxylic acid groups (broad SMARTS) is 1. The van der Waals surface area contributed by atoms with Crippen LogP contribution in [0, 0.1) is 5.92 Å². The monoisotopic (exact) mass is 356 g/mol. The number of benzene rings is 1. The van der Waals surface area contributed by atoms with Gasteiger partial charge in [-0.1, -0.05) is 22.9 Å². The highest BCUT2D eigenvalue weighted by atomic mass is 79.9. The molecule has 1 N–H and O–H groups in total. The molecule has 4 nitrogen and oxygen atoms in total. The highest BCUT2D eigenvalue weighted by Crippen LogP contribution is 2.39. The number of carboxylic acids is 1. The molecule has 1 aliphatic carbocycles. The lowest BCUT2D eigenvalue weighted by atomic mass is 10.00. The third kappa shape index (κ3) is 3.90. The number of aliphatic carboxylic acids is 1. The zero-order valence-electron chi connectivity index (χ0n) is 12.4. The molecule has 0 spiro atoms. The van der Waals surface area contributed by atoms with Gasteiger partial charge in [0.05, 0.1) is 19.1 Å². The molecule has 0 radical (unpaired) electrons. The van der Waals surface area contributed by atoms with Gasteiger partial charge in [0.1, 0.15) is 0 Å². The predicted molar refractivity (Wildman–Crippen MR) is 84.1 cm³/mol. The first-order valence-corrected chi connectivity index (χ1v) is 8.07. The minimum atomic E-state index is -0.809. The predicted octanol–water partition coefficient (Wildman–Crippen LogP) is 4.04. The van der Waals surface area contributed by atoms with E-state index in [1.54, 1.807) is 14.0 Å². The van der Waals surface area contributed by atoms with Gasteiger partial charge in [-0.25, -0.2) is 0 Å². The molecule has 21 heavy (non-hydrogen) atoms. The number of rotatable bonds is 6. The molecular weight excluding hydrogens is 336 g/mol. The number of carbonyl (C=O) groups is 1. The Morgan fingerprint density at radius 3 is 2.67 bits per heavy atom. The van der Waals surface area contributed by atoms with Crippen molar-refractivity contribution in [1.82, 2.24) is 0 Å². The first kappa shape index (κ1) is 16.1. The highest BCUT2D eigenvalue weighted by molar-refractivity contribution is 9.10. The summed E-state index contributed by atoms with van der Waals surface area (Å²) in [6.45, 7) is 1.70. The summed E-state index contributed by atoms with van der Waals surface area (Å²) in [6.07, 6.45) is 5.07. The van der Waals surface area contributed by atoms with Crippen LogP contribution < -0.4 is 9.47 Å². The van der Waals surface area contributed by atoms with Crippen LogP contribution in [-0.2, 0) is 11.2 Å². The molecule has 1 saturated carbocycles. The Hall–Kier alpha value is -1.23. The Balaban J connectivity index is 2.32. The van der Waals surface area contributed by atoms with Crippen molar-refractivity contribution in [2.24, 2.45) is 5.92 Å². The Bertz CT molecular complexity index is 509. The largest absolute Gasteiger partial charge is 0.493 e. The van der Waals surface area contributed by atoms with Crippen molar-refractivity contribution in [2.45, 2.75) is 45.1 Å².